The van der Waals surface area contributed by atoms with E-state index in [9.17, 15) is 0 Å². The van der Waals surface area contributed by atoms with E-state index < -0.39 is 0 Å². The maximum atomic E-state index is 6.17. The Kier molecular flexibility index (Phi) is 2.97. The Morgan fingerprint density at radius 1 is 1.10 bits per heavy atom. The number of nitrogens with two attached hydrogens (primary N) is 1. The number of nitrogen functional groups attached to an aromatic ring is 1. The number of imidazole rings is 1. The van der Waals surface area contributed by atoms with Gasteiger partial charge in [-0.25, -0.2) is 4.98 Å². The first-order chi connectivity index (χ1) is 9.56. The van der Waals surface area contributed by atoms with Gasteiger partial charge < -0.3 is 10.3 Å². The average molecular weight is 265 g/mol. The Morgan fingerprint density at radius 2 is 1.80 bits per heavy atom. The number of nitrogens with zero attached hydrogens (tertiary/aromatic N) is 2. The van der Waals surface area contributed by atoms with E-state index in [-0.39, 0.29) is 0 Å². The lowest BCUT2D eigenvalue weighted by Crippen LogP contribution is -2.00. The van der Waals surface area contributed by atoms with Crippen LogP contribution in [0.15, 0.2) is 36.7 Å². The fraction of sp³-hybridized carbons (Fsp3) is 0.235. The van der Waals surface area contributed by atoms with Crippen LogP contribution in [0.5, 0.6) is 0 Å². The second kappa shape index (κ2) is 4.67. The quantitative estimate of drug-likeness (QED) is 0.720. The number of anilines is 1. The third kappa shape index (κ3) is 2.05. The van der Waals surface area contributed by atoms with Crippen LogP contribution in [-0.2, 0) is 6.54 Å². The summed E-state index contributed by atoms with van der Waals surface area (Å²) in [4.78, 5) is 4.47. The Hall–Kier alpha value is -2.29. The molecule has 0 radical (unpaired) electrons. The summed E-state index contributed by atoms with van der Waals surface area (Å²) in [6, 6.07) is 10.8. The molecule has 3 heteroatoms. The van der Waals surface area contributed by atoms with Crippen molar-refractivity contribution in [2.45, 2.75) is 27.3 Å². The van der Waals surface area contributed by atoms with Gasteiger partial charge in [0.25, 0.3) is 0 Å². The summed E-state index contributed by atoms with van der Waals surface area (Å²) in [6.07, 6.45) is 1.87. The van der Waals surface area contributed by atoms with Gasteiger partial charge in [-0.1, -0.05) is 29.8 Å². The summed E-state index contributed by atoms with van der Waals surface area (Å²) >= 11 is 0. The SMILES string of the molecule is Cc1ccc(Cn2cnc3c(N)c(C)c(C)cc32)cc1. The topological polar surface area (TPSA) is 43.8 Å². The first-order valence-electron chi connectivity index (χ1n) is 6.82. The number of aryl methyl sites for hydroxylation is 2. The third-order valence-corrected chi connectivity index (χ3v) is 3.96. The molecule has 3 rings (SSSR count). The summed E-state index contributed by atoms with van der Waals surface area (Å²) in [6.45, 7) is 7.05. The molecule has 0 spiro atoms. The molecule has 102 valence electrons. The minimum atomic E-state index is 0.794. The number of aromatic nitrogens is 2. The van der Waals surface area contributed by atoms with E-state index in [1.165, 1.54) is 16.7 Å². The number of benzene rings is 2. The molecule has 0 bridgehead atoms. The first-order valence-corrected chi connectivity index (χ1v) is 6.82. The Balaban J connectivity index is 2.06. The smallest absolute Gasteiger partial charge is 0.112 e. The molecule has 0 atom stereocenters. The van der Waals surface area contributed by atoms with Crippen LogP contribution in [0.1, 0.15) is 22.3 Å². The van der Waals surface area contributed by atoms with E-state index in [0.717, 1.165) is 28.8 Å². The molecule has 0 saturated carbocycles. The lowest BCUT2D eigenvalue weighted by molar-refractivity contribution is 0.824. The van der Waals surface area contributed by atoms with E-state index in [1.54, 1.807) is 0 Å². The van der Waals surface area contributed by atoms with Crippen LogP contribution in [0.25, 0.3) is 11.0 Å². The highest BCUT2D eigenvalue weighted by atomic mass is 15.0. The normalized spacial score (nSPS) is 11.2. The first kappa shape index (κ1) is 12.7. The number of hydrogen-bond donors (Lipinski definition) is 1. The van der Waals surface area contributed by atoms with E-state index in [2.05, 4.69) is 53.7 Å². The van der Waals surface area contributed by atoms with Gasteiger partial charge in [0.2, 0.25) is 0 Å². The maximum absolute atomic E-state index is 6.17. The molecule has 20 heavy (non-hydrogen) atoms. The molecular formula is C17H19N3. The Morgan fingerprint density at radius 3 is 2.50 bits per heavy atom. The second-order valence-corrected chi connectivity index (χ2v) is 5.46. The highest BCUT2D eigenvalue weighted by Crippen LogP contribution is 2.26. The molecule has 0 amide bonds. The summed E-state index contributed by atoms with van der Waals surface area (Å²) in [5.41, 5.74) is 13.8. The van der Waals surface area contributed by atoms with Gasteiger partial charge in [0, 0.05) is 6.54 Å². The molecule has 0 aliphatic heterocycles. The van der Waals surface area contributed by atoms with Crippen molar-refractivity contribution in [2.75, 3.05) is 5.73 Å². The molecule has 0 fully saturated rings. The third-order valence-electron chi connectivity index (χ3n) is 3.96. The van der Waals surface area contributed by atoms with Gasteiger partial charge >= 0.3 is 0 Å². The lowest BCUT2D eigenvalue weighted by Gasteiger charge is -2.09. The van der Waals surface area contributed by atoms with Crippen molar-refractivity contribution in [3.63, 3.8) is 0 Å². The zero-order valence-corrected chi connectivity index (χ0v) is 12.1. The minimum Gasteiger partial charge on any atom is -0.397 e. The molecule has 2 aromatic carbocycles. The van der Waals surface area contributed by atoms with E-state index >= 15 is 0 Å². The molecule has 3 nitrogen and oxygen atoms in total. The number of fused-ring (bicyclic) bond motifs is 1. The summed E-state index contributed by atoms with van der Waals surface area (Å²) in [5.74, 6) is 0. The van der Waals surface area contributed by atoms with Crippen molar-refractivity contribution in [3.05, 3.63) is 58.9 Å². The van der Waals surface area contributed by atoms with Crippen molar-refractivity contribution in [1.29, 1.82) is 0 Å². The predicted molar refractivity (Wildman–Crippen MR) is 83.9 cm³/mol. The highest BCUT2D eigenvalue weighted by molar-refractivity contribution is 5.90. The standard InChI is InChI=1S/C17H19N3/c1-11-4-6-14(7-5-11)9-20-10-19-17-15(20)8-12(2)13(3)16(17)18/h4-8,10H,9,18H2,1-3H3. The fourth-order valence-electron chi connectivity index (χ4n) is 2.47. The molecule has 0 aliphatic rings. The number of rotatable bonds is 2. The van der Waals surface area contributed by atoms with Crippen LogP contribution in [0.2, 0.25) is 0 Å². The lowest BCUT2D eigenvalue weighted by atomic mass is 10.1. The minimum absolute atomic E-state index is 0.794. The van der Waals surface area contributed by atoms with Crippen molar-refractivity contribution in [2.24, 2.45) is 0 Å². The zero-order valence-electron chi connectivity index (χ0n) is 12.1. The van der Waals surface area contributed by atoms with Gasteiger partial charge in [0.05, 0.1) is 17.5 Å². The predicted octanol–water partition coefficient (Wildman–Crippen LogP) is 3.59. The monoisotopic (exact) mass is 265 g/mol. The van der Waals surface area contributed by atoms with Gasteiger partial charge in [0.15, 0.2) is 0 Å². The Labute approximate surface area is 119 Å². The summed E-state index contributed by atoms with van der Waals surface area (Å²) < 4.78 is 2.16. The molecule has 3 aromatic rings. The van der Waals surface area contributed by atoms with Crippen LogP contribution in [-0.4, -0.2) is 9.55 Å². The van der Waals surface area contributed by atoms with Crippen molar-refractivity contribution in [1.82, 2.24) is 9.55 Å². The van der Waals surface area contributed by atoms with E-state index in [0.29, 0.717) is 0 Å². The molecule has 0 unspecified atom stereocenters. The molecule has 1 aromatic heterocycles. The highest BCUT2D eigenvalue weighted by Gasteiger charge is 2.10. The largest absolute Gasteiger partial charge is 0.397 e. The van der Waals surface area contributed by atoms with Crippen molar-refractivity contribution < 1.29 is 0 Å². The molecular weight excluding hydrogens is 246 g/mol. The van der Waals surface area contributed by atoms with E-state index in [1.807, 2.05) is 13.3 Å². The van der Waals surface area contributed by atoms with Crippen molar-refractivity contribution in [3.8, 4) is 0 Å². The van der Waals surface area contributed by atoms with Gasteiger partial charge in [-0.05, 0) is 43.5 Å². The van der Waals surface area contributed by atoms with Crippen LogP contribution in [0.3, 0.4) is 0 Å². The maximum Gasteiger partial charge on any atom is 0.112 e. The second-order valence-electron chi connectivity index (χ2n) is 5.46. The summed E-state index contributed by atoms with van der Waals surface area (Å²) in [5, 5.41) is 0. The van der Waals surface area contributed by atoms with Crippen LogP contribution < -0.4 is 5.73 Å². The summed E-state index contributed by atoms with van der Waals surface area (Å²) in [7, 11) is 0. The Bertz CT molecular complexity index is 767. The van der Waals surface area contributed by atoms with Crippen LogP contribution >= 0.6 is 0 Å². The molecule has 2 N–H and O–H groups in total. The number of hydrogen-bond acceptors (Lipinski definition) is 2. The van der Waals surface area contributed by atoms with Gasteiger partial charge in [-0.15, -0.1) is 0 Å². The zero-order chi connectivity index (χ0) is 14.3. The van der Waals surface area contributed by atoms with Crippen LogP contribution in [0, 0.1) is 20.8 Å². The average Bonchev–Trinajstić information content (AvgIpc) is 2.82. The van der Waals surface area contributed by atoms with Gasteiger partial charge in [-0.3, -0.25) is 0 Å². The van der Waals surface area contributed by atoms with E-state index in [4.69, 9.17) is 5.73 Å². The molecule has 0 saturated heterocycles. The fourth-order valence-corrected chi connectivity index (χ4v) is 2.47. The van der Waals surface area contributed by atoms with Crippen LogP contribution in [0.4, 0.5) is 5.69 Å². The molecule has 0 aliphatic carbocycles. The van der Waals surface area contributed by atoms with Gasteiger partial charge in [-0.2, -0.15) is 0 Å². The van der Waals surface area contributed by atoms with Gasteiger partial charge in [0.1, 0.15) is 5.52 Å². The molecule has 1 heterocycles. The van der Waals surface area contributed by atoms with Crippen molar-refractivity contribution >= 4 is 16.7 Å².